The molecule has 1 aromatic rings. The van der Waals surface area contributed by atoms with Crippen LogP contribution in [0.5, 0.6) is 5.75 Å². The number of likely N-dealkylation sites (tertiary alicyclic amines) is 1. The van der Waals surface area contributed by atoms with Gasteiger partial charge in [0.15, 0.2) is 0 Å². The average molecular weight is 310 g/mol. The molecule has 1 amide bonds. The van der Waals surface area contributed by atoms with Gasteiger partial charge in [0.2, 0.25) is 5.91 Å². The number of rotatable bonds is 4. The van der Waals surface area contributed by atoms with Crippen molar-refractivity contribution >= 4 is 5.91 Å². The molecule has 0 spiro atoms. The number of benzene rings is 1. The third kappa shape index (κ3) is 4.42. The average Bonchev–Trinajstić information content (AvgIpc) is 2.86. The predicted octanol–water partition coefficient (Wildman–Crippen LogP) is 2.32. The number of alkyl halides is 1. The highest BCUT2D eigenvalue weighted by Crippen LogP contribution is 2.23. The lowest BCUT2D eigenvalue weighted by Crippen LogP contribution is -2.42. The summed E-state index contributed by atoms with van der Waals surface area (Å²) in [4.78, 5) is 19.7. The van der Waals surface area contributed by atoms with Gasteiger partial charge in [-0.3, -0.25) is 9.63 Å². The molecular weight excluding hydrogens is 287 g/mol. The molecule has 1 fully saturated rings. The van der Waals surface area contributed by atoms with Crippen molar-refractivity contribution in [2.45, 2.75) is 45.0 Å². The minimum atomic E-state index is -0.965. The topological polar surface area (TPSA) is 61.8 Å². The van der Waals surface area contributed by atoms with Gasteiger partial charge in [-0.25, -0.2) is 4.39 Å². The largest absolute Gasteiger partial charge is 0.508 e. The SMILES string of the molecule is CC(C)(C)ONC(C(=O)N1CCC(F)C1)c1ccc(O)cc1. The summed E-state index contributed by atoms with van der Waals surface area (Å²) < 4.78 is 13.3. The highest BCUT2D eigenvalue weighted by Gasteiger charge is 2.32. The van der Waals surface area contributed by atoms with Gasteiger partial charge in [-0.1, -0.05) is 12.1 Å². The van der Waals surface area contributed by atoms with E-state index in [0.29, 0.717) is 18.5 Å². The van der Waals surface area contributed by atoms with Crippen LogP contribution in [0.25, 0.3) is 0 Å². The number of aromatic hydroxyl groups is 1. The zero-order valence-electron chi connectivity index (χ0n) is 13.2. The second-order valence-electron chi connectivity index (χ2n) is 6.53. The Morgan fingerprint density at radius 2 is 2.05 bits per heavy atom. The molecule has 0 saturated carbocycles. The number of nitrogens with zero attached hydrogens (tertiary/aromatic N) is 1. The zero-order valence-corrected chi connectivity index (χ0v) is 13.2. The Labute approximate surface area is 130 Å². The Bertz CT molecular complexity index is 513. The van der Waals surface area contributed by atoms with Crippen LogP contribution in [0.3, 0.4) is 0 Å². The molecule has 2 N–H and O–H groups in total. The summed E-state index contributed by atoms with van der Waals surface area (Å²) >= 11 is 0. The van der Waals surface area contributed by atoms with Crippen molar-refractivity contribution < 1.29 is 19.1 Å². The molecule has 0 aromatic heterocycles. The van der Waals surface area contributed by atoms with Gasteiger partial charge < -0.3 is 10.0 Å². The smallest absolute Gasteiger partial charge is 0.246 e. The molecule has 0 aliphatic carbocycles. The Balaban J connectivity index is 2.17. The van der Waals surface area contributed by atoms with Crippen molar-refractivity contribution in [2.24, 2.45) is 0 Å². The van der Waals surface area contributed by atoms with Crippen LogP contribution in [0, 0.1) is 0 Å². The molecular formula is C16H23FN2O3. The molecule has 1 aliphatic heterocycles. The standard InChI is InChI=1S/C16H23FN2O3/c1-16(2,3)22-18-14(11-4-6-13(20)7-5-11)15(21)19-9-8-12(17)10-19/h4-7,12,14,18,20H,8-10H2,1-3H3. The molecule has 22 heavy (non-hydrogen) atoms. The number of carbonyl (C=O) groups excluding carboxylic acids is 1. The third-order valence-corrected chi connectivity index (χ3v) is 3.40. The fourth-order valence-corrected chi connectivity index (χ4v) is 2.26. The van der Waals surface area contributed by atoms with Crippen LogP contribution in [0.15, 0.2) is 24.3 Å². The molecule has 122 valence electrons. The fourth-order valence-electron chi connectivity index (χ4n) is 2.26. The van der Waals surface area contributed by atoms with E-state index < -0.39 is 17.8 Å². The van der Waals surface area contributed by atoms with Crippen molar-refractivity contribution in [3.8, 4) is 5.75 Å². The number of hydroxylamine groups is 1. The van der Waals surface area contributed by atoms with Gasteiger partial charge in [0.1, 0.15) is 18.0 Å². The number of nitrogens with one attached hydrogen (secondary N) is 1. The van der Waals surface area contributed by atoms with E-state index in [0.717, 1.165) is 0 Å². The minimum absolute atomic E-state index is 0.116. The van der Waals surface area contributed by atoms with E-state index >= 15 is 0 Å². The lowest BCUT2D eigenvalue weighted by atomic mass is 10.1. The van der Waals surface area contributed by atoms with Gasteiger partial charge >= 0.3 is 0 Å². The molecule has 1 aromatic carbocycles. The Morgan fingerprint density at radius 1 is 1.41 bits per heavy atom. The molecule has 1 aliphatic rings. The van der Waals surface area contributed by atoms with E-state index in [2.05, 4.69) is 5.48 Å². The monoisotopic (exact) mass is 310 g/mol. The molecule has 2 unspecified atom stereocenters. The van der Waals surface area contributed by atoms with Gasteiger partial charge in [0, 0.05) is 6.54 Å². The maximum Gasteiger partial charge on any atom is 0.246 e. The zero-order chi connectivity index (χ0) is 16.3. The summed E-state index contributed by atoms with van der Waals surface area (Å²) in [5.74, 6) is -0.105. The second kappa shape index (κ2) is 6.62. The van der Waals surface area contributed by atoms with Crippen LogP contribution >= 0.6 is 0 Å². The molecule has 6 heteroatoms. The van der Waals surface area contributed by atoms with Crippen LogP contribution in [0.4, 0.5) is 4.39 Å². The van der Waals surface area contributed by atoms with E-state index in [1.165, 1.54) is 17.0 Å². The molecule has 1 heterocycles. The first-order valence-electron chi connectivity index (χ1n) is 7.41. The first kappa shape index (κ1) is 16.7. The molecule has 2 atom stereocenters. The van der Waals surface area contributed by atoms with Crippen LogP contribution in [-0.2, 0) is 9.63 Å². The minimum Gasteiger partial charge on any atom is -0.508 e. The molecule has 0 bridgehead atoms. The number of amides is 1. The molecule has 1 saturated heterocycles. The van der Waals surface area contributed by atoms with Gasteiger partial charge in [-0.05, 0) is 44.9 Å². The summed E-state index contributed by atoms with van der Waals surface area (Å²) in [6.07, 6.45) is -0.596. The molecule has 5 nitrogen and oxygen atoms in total. The number of phenolic OH excluding ortho intramolecular Hbond substituents is 1. The number of hydrogen-bond donors (Lipinski definition) is 2. The van der Waals surface area contributed by atoms with Crippen molar-refractivity contribution in [3.63, 3.8) is 0 Å². The highest BCUT2D eigenvalue weighted by atomic mass is 19.1. The van der Waals surface area contributed by atoms with E-state index in [1.807, 2.05) is 20.8 Å². The molecule has 0 radical (unpaired) electrons. The normalized spacial score (nSPS) is 20.2. The van der Waals surface area contributed by atoms with Gasteiger partial charge in [-0.2, -0.15) is 5.48 Å². The maximum absolute atomic E-state index is 13.3. The van der Waals surface area contributed by atoms with E-state index in [9.17, 15) is 14.3 Å². The van der Waals surface area contributed by atoms with Gasteiger partial charge in [0.25, 0.3) is 0 Å². The number of phenols is 1. The van der Waals surface area contributed by atoms with Gasteiger partial charge in [-0.15, -0.1) is 0 Å². The Morgan fingerprint density at radius 3 is 2.55 bits per heavy atom. The number of carbonyl (C=O) groups is 1. The lowest BCUT2D eigenvalue weighted by molar-refractivity contribution is -0.144. The number of hydrogen-bond acceptors (Lipinski definition) is 4. The quantitative estimate of drug-likeness (QED) is 0.838. The summed E-state index contributed by atoms with van der Waals surface area (Å²) in [6.45, 7) is 6.12. The summed E-state index contributed by atoms with van der Waals surface area (Å²) in [5, 5.41) is 9.39. The third-order valence-electron chi connectivity index (χ3n) is 3.40. The summed E-state index contributed by atoms with van der Waals surface area (Å²) in [7, 11) is 0. The highest BCUT2D eigenvalue weighted by molar-refractivity contribution is 5.83. The van der Waals surface area contributed by atoms with Crippen molar-refractivity contribution in [2.75, 3.05) is 13.1 Å². The van der Waals surface area contributed by atoms with Crippen LogP contribution in [-0.4, -0.2) is 40.8 Å². The predicted molar refractivity (Wildman–Crippen MR) is 80.9 cm³/mol. The molecule has 2 rings (SSSR count). The van der Waals surface area contributed by atoms with Crippen LogP contribution in [0.1, 0.15) is 38.8 Å². The van der Waals surface area contributed by atoms with E-state index in [1.54, 1.807) is 12.1 Å². The Hall–Kier alpha value is -1.66. The van der Waals surface area contributed by atoms with Gasteiger partial charge in [0.05, 0.1) is 12.1 Å². The van der Waals surface area contributed by atoms with E-state index in [4.69, 9.17) is 4.84 Å². The number of halogens is 1. The summed E-state index contributed by atoms with van der Waals surface area (Å²) in [6, 6.07) is 5.59. The fraction of sp³-hybridized carbons (Fsp3) is 0.562. The van der Waals surface area contributed by atoms with Crippen molar-refractivity contribution in [1.29, 1.82) is 0 Å². The van der Waals surface area contributed by atoms with Crippen LogP contribution < -0.4 is 5.48 Å². The second-order valence-corrected chi connectivity index (χ2v) is 6.53. The summed E-state index contributed by atoms with van der Waals surface area (Å²) in [5.41, 5.74) is 2.98. The maximum atomic E-state index is 13.3. The van der Waals surface area contributed by atoms with Crippen LogP contribution in [0.2, 0.25) is 0 Å². The first-order valence-corrected chi connectivity index (χ1v) is 7.41. The van der Waals surface area contributed by atoms with Crippen molar-refractivity contribution in [1.82, 2.24) is 10.4 Å². The lowest BCUT2D eigenvalue weighted by Gasteiger charge is -2.27. The first-order chi connectivity index (χ1) is 10.3. The Kier molecular flexibility index (Phi) is 5.03. The van der Waals surface area contributed by atoms with Crippen molar-refractivity contribution in [3.05, 3.63) is 29.8 Å². The van der Waals surface area contributed by atoms with E-state index in [-0.39, 0.29) is 18.2 Å².